The van der Waals surface area contributed by atoms with Gasteiger partial charge in [0.2, 0.25) is 10.0 Å². The van der Waals surface area contributed by atoms with Crippen LogP contribution in [0, 0.1) is 6.92 Å². The van der Waals surface area contributed by atoms with E-state index in [0.717, 1.165) is 6.07 Å². The number of nitrogens with zero attached hydrogens (tertiary/aromatic N) is 1. The Morgan fingerprint density at radius 2 is 1.85 bits per heavy atom. The Kier molecular flexibility index (Phi) is 4.77. The zero-order valence-corrected chi connectivity index (χ0v) is 11.2. The fourth-order valence-electron chi connectivity index (χ4n) is 1.56. The summed E-state index contributed by atoms with van der Waals surface area (Å²) in [7, 11) is -4.53. The van der Waals surface area contributed by atoms with Gasteiger partial charge < -0.3 is 5.11 Å². The molecule has 0 aliphatic rings. The first-order chi connectivity index (χ1) is 9.04. The Morgan fingerprint density at radius 3 is 2.30 bits per heavy atom. The van der Waals surface area contributed by atoms with Gasteiger partial charge in [-0.05, 0) is 18.6 Å². The first kappa shape index (κ1) is 16.4. The molecule has 0 radical (unpaired) electrons. The molecule has 1 aromatic carbocycles. The molecule has 20 heavy (non-hydrogen) atoms. The van der Waals surface area contributed by atoms with Gasteiger partial charge in [0.05, 0.1) is 4.90 Å². The molecule has 1 rings (SSSR count). The van der Waals surface area contributed by atoms with E-state index in [4.69, 9.17) is 5.11 Å². The minimum atomic E-state index is -4.83. The monoisotopic (exact) mass is 311 g/mol. The molecule has 1 aromatic rings. The lowest BCUT2D eigenvalue weighted by Crippen LogP contribution is -2.42. The van der Waals surface area contributed by atoms with Crippen LogP contribution in [0.15, 0.2) is 29.2 Å². The zero-order chi connectivity index (χ0) is 15.6. The van der Waals surface area contributed by atoms with E-state index in [9.17, 15) is 26.4 Å². The SMILES string of the molecule is Cc1ccccc1S(=O)(=O)N(CC(=O)O)CC(F)(F)F. The minimum Gasteiger partial charge on any atom is -0.480 e. The fraction of sp³-hybridized carbons (Fsp3) is 0.364. The van der Waals surface area contributed by atoms with Crippen LogP contribution in [0.3, 0.4) is 0 Å². The fourth-order valence-corrected chi connectivity index (χ4v) is 3.16. The van der Waals surface area contributed by atoms with Crippen molar-refractivity contribution in [2.45, 2.75) is 18.0 Å². The molecule has 5 nitrogen and oxygen atoms in total. The standard InChI is InChI=1S/C11H12F3NO4S/c1-8-4-2-3-5-9(8)20(18,19)15(6-10(16)17)7-11(12,13)14/h2-5H,6-7H2,1H3,(H,16,17). The van der Waals surface area contributed by atoms with Gasteiger partial charge in [-0.15, -0.1) is 0 Å². The Hall–Kier alpha value is -1.61. The number of hydrogen-bond donors (Lipinski definition) is 1. The normalized spacial score (nSPS) is 12.7. The molecule has 0 heterocycles. The molecule has 0 spiro atoms. The first-order valence-corrected chi connectivity index (χ1v) is 6.82. The Morgan fingerprint density at radius 1 is 1.30 bits per heavy atom. The molecule has 112 valence electrons. The number of hydrogen-bond acceptors (Lipinski definition) is 3. The van der Waals surface area contributed by atoms with Crippen LogP contribution >= 0.6 is 0 Å². The van der Waals surface area contributed by atoms with Gasteiger partial charge in [0.25, 0.3) is 0 Å². The summed E-state index contributed by atoms with van der Waals surface area (Å²) in [5, 5.41) is 8.59. The van der Waals surface area contributed by atoms with E-state index in [-0.39, 0.29) is 14.8 Å². The quantitative estimate of drug-likeness (QED) is 0.897. The molecule has 0 aliphatic carbocycles. The number of aryl methyl sites for hydroxylation is 1. The summed E-state index contributed by atoms with van der Waals surface area (Å²) in [5.74, 6) is -1.66. The van der Waals surface area contributed by atoms with Crippen LogP contribution in [0.1, 0.15) is 5.56 Å². The van der Waals surface area contributed by atoms with E-state index < -0.39 is 35.3 Å². The lowest BCUT2D eigenvalue weighted by molar-refractivity contribution is -0.146. The topological polar surface area (TPSA) is 74.7 Å². The number of carboxylic acid groups (broad SMARTS) is 1. The number of alkyl halides is 3. The third-order valence-electron chi connectivity index (χ3n) is 2.38. The average Bonchev–Trinajstić information content (AvgIpc) is 2.25. The molecule has 0 saturated carbocycles. The van der Waals surface area contributed by atoms with Gasteiger partial charge in [0.1, 0.15) is 13.1 Å². The van der Waals surface area contributed by atoms with Gasteiger partial charge in [-0.1, -0.05) is 18.2 Å². The van der Waals surface area contributed by atoms with E-state index >= 15 is 0 Å². The summed E-state index contributed by atoms with van der Waals surface area (Å²) < 4.78 is 61.4. The van der Waals surface area contributed by atoms with Crippen LogP contribution in [-0.2, 0) is 14.8 Å². The third-order valence-corrected chi connectivity index (χ3v) is 4.33. The van der Waals surface area contributed by atoms with Crippen LogP contribution in [0.5, 0.6) is 0 Å². The highest BCUT2D eigenvalue weighted by Gasteiger charge is 2.38. The maximum absolute atomic E-state index is 12.4. The summed E-state index contributed by atoms with van der Waals surface area (Å²) in [5.41, 5.74) is 0.241. The Balaban J connectivity index is 3.24. The highest BCUT2D eigenvalue weighted by atomic mass is 32.2. The second kappa shape index (κ2) is 5.80. The van der Waals surface area contributed by atoms with Crippen molar-refractivity contribution in [3.63, 3.8) is 0 Å². The predicted octanol–water partition coefficient (Wildman–Crippen LogP) is 1.63. The van der Waals surface area contributed by atoms with E-state index in [1.165, 1.54) is 25.1 Å². The lowest BCUT2D eigenvalue weighted by atomic mass is 10.2. The van der Waals surface area contributed by atoms with Crippen LogP contribution in [0.25, 0.3) is 0 Å². The molecule has 0 aromatic heterocycles. The molecule has 0 fully saturated rings. The Labute approximate surface area is 113 Å². The highest BCUT2D eigenvalue weighted by molar-refractivity contribution is 7.89. The number of sulfonamides is 1. The van der Waals surface area contributed by atoms with E-state index in [0.29, 0.717) is 0 Å². The van der Waals surface area contributed by atoms with Crippen molar-refractivity contribution in [2.75, 3.05) is 13.1 Å². The summed E-state index contributed by atoms with van der Waals surface area (Å²) in [4.78, 5) is 10.2. The first-order valence-electron chi connectivity index (χ1n) is 5.38. The molecular formula is C11H12F3NO4S. The largest absolute Gasteiger partial charge is 0.480 e. The number of carboxylic acids is 1. The van der Waals surface area contributed by atoms with Gasteiger partial charge in [0.15, 0.2) is 0 Å². The highest BCUT2D eigenvalue weighted by Crippen LogP contribution is 2.24. The number of rotatable bonds is 5. The summed E-state index contributed by atoms with van der Waals surface area (Å²) in [6.45, 7) is -1.69. The molecule has 9 heteroatoms. The molecule has 0 unspecified atom stereocenters. The van der Waals surface area contributed by atoms with Gasteiger partial charge >= 0.3 is 12.1 Å². The maximum atomic E-state index is 12.4. The van der Waals surface area contributed by atoms with Crippen molar-refractivity contribution in [1.82, 2.24) is 4.31 Å². The van der Waals surface area contributed by atoms with Crippen molar-refractivity contribution in [3.8, 4) is 0 Å². The van der Waals surface area contributed by atoms with Crippen molar-refractivity contribution < 1.29 is 31.5 Å². The number of benzene rings is 1. The van der Waals surface area contributed by atoms with Crippen LogP contribution in [-0.4, -0.2) is 43.1 Å². The van der Waals surface area contributed by atoms with Crippen molar-refractivity contribution in [1.29, 1.82) is 0 Å². The number of halogens is 3. The van der Waals surface area contributed by atoms with Gasteiger partial charge in [-0.3, -0.25) is 4.79 Å². The van der Waals surface area contributed by atoms with Crippen LogP contribution < -0.4 is 0 Å². The molecule has 0 saturated heterocycles. The van der Waals surface area contributed by atoms with E-state index in [1.54, 1.807) is 0 Å². The maximum Gasteiger partial charge on any atom is 0.402 e. The van der Waals surface area contributed by atoms with Crippen molar-refractivity contribution in [2.24, 2.45) is 0 Å². The molecule has 0 atom stereocenters. The lowest BCUT2D eigenvalue weighted by Gasteiger charge is -2.22. The zero-order valence-electron chi connectivity index (χ0n) is 10.4. The molecule has 0 aliphatic heterocycles. The number of carbonyl (C=O) groups is 1. The Bertz CT molecular complexity index is 598. The smallest absolute Gasteiger partial charge is 0.402 e. The second-order valence-electron chi connectivity index (χ2n) is 4.05. The summed E-state index contributed by atoms with van der Waals surface area (Å²) >= 11 is 0. The number of aliphatic carboxylic acids is 1. The molecule has 0 amide bonds. The van der Waals surface area contributed by atoms with Gasteiger partial charge in [-0.2, -0.15) is 17.5 Å². The minimum absolute atomic E-state index is 0.0995. The summed E-state index contributed by atoms with van der Waals surface area (Å²) in [6, 6.07) is 5.43. The molecule has 0 bridgehead atoms. The van der Waals surface area contributed by atoms with Crippen LogP contribution in [0.2, 0.25) is 0 Å². The third kappa shape index (κ3) is 4.20. The predicted molar refractivity (Wildman–Crippen MR) is 63.6 cm³/mol. The summed E-state index contributed by atoms with van der Waals surface area (Å²) in [6.07, 6.45) is -4.83. The second-order valence-corrected chi connectivity index (χ2v) is 5.95. The van der Waals surface area contributed by atoms with Gasteiger partial charge in [-0.25, -0.2) is 8.42 Å². The van der Waals surface area contributed by atoms with E-state index in [2.05, 4.69) is 0 Å². The van der Waals surface area contributed by atoms with Crippen molar-refractivity contribution >= 4 is 16.0 Å². The van der Waals surface area contributed by atoms with Crippen LogP contribution in [0.4, 0.5) is 13.2 Å². The molecular weight excluding hydrogens is 299 g/mol. The van der Waals surface area contributed by atoms with E-state index in [1.807, 2.05) is 0 Å². The average molecular weight is 311 g/mol. The van der Waals surface area contributed by atoms with Gasteiger partial charge in [0, 0.05) is 0 Å². The molecule has 1 N–H and O–H groups in total. The van der Waals surface area contributed by atoms with Crippen molar-refractivity contribution in [3.05, 3.63) is 29.8 Å².